The Balaban J connectivity index is 2.46. The van der Waals surface area contributed by atoms with Gasteiger partial charge in [-0.15, -0.1) is 0 Å². The van der Waals surface area contributed by atoms with E-state index in [0.717, 1.165) is 0 Å². The molecule has 0 aromatic heterocycles. The van der Waals surface area contributed by atoms with Gasteiger partial charge in [-0.3, -0.25) is 14.5 Å². The van der Waals surface area contributed by atoms with Crippen LogP contribution in [-0.2, 0) is 9.59 Å². The first-order valence-corrected chi connectivity index (χ1v) is 6.26. The Bertz CT molecular complexity index is 519. The molecule has 0 saturated carbocycles. The molecule has 1 N–H and O–H groups in total. The van der Waals surface area contributed by atoms with Crippen molar-refractivity contribution >= 4 is 40.7 Å². The van der Waals surface area contributed by atoms with Gasteiger partial charge in [0.1, 0.15) is 12.1 Å². The summed E-state index contributed by atoms with van der Waals surface area (Å²) in [6, 6.07) is 3.69. The highest BCUT2D eigenvalue weighted by Crippen LogP contribution is 2.31. The van der Waals surface area contributed by atoms with Gasteiger partial charge in [0.2, 0.25) is 11.8 Å². The molecule has 2 amide bonds. The SMILES string of the molecule is CC1NC(=O)C(C)N(c2ccc(Cl)cc2Cl)C1=O. The summed E-state index contributed by atoms with van der Waals surface area (Å²) >= 11 is 11.9. The maximum Gasteiger partial charge on any atom is 0.250 e. The Morgan fingerprint density at radius 1 is 1.22 bits per heavy atom. The molecule has 2 rings (SSSR count). The minimum absolute atomic E-state index is 0.189. The third-order valence-corrected chi connectivity index (χ3v) is 3.44. The summed E-state index contributed by atoms with van der Waals surface area (Å²) in [5.74, 6) is -0.389. The first kappa shape index (κ1) is 13.2. The number of amides is 2. The summed E-state index contributed by atoms with van der Waals surface area (Å²) in [6.07, 6.45) is 0. The second-order valence-corrected chi connectivity index (χ2v) is 5.05. The van der Waals surface area contributed by atoms with Crippen molar-refractivity contribution in [3.8, 4) is 0 Å². The number of piperazine rings is 1. The highest BCUT2D eigenvalue weighted by molar-refractivity contribution is 6.37. The van der Waals surface area contributed by atoms with Crippen molar-refractivity contribution in [2.45, 2.75) is 25.9 Å². The van der Waals surface area contributed by atoms with Crippen LogP contribution in [0.3, 0.4) is 0 Å². The lowest BCUT2D eigenvalue weighted by molar-refractivity contribution is -0.133. The van der Waals surface area contributed by atoms with Crippen molar-refractivity contribution in [2.75, 3.05) is 4.90 Å². The predicted octanol–water partition coefficient (Wildman–Crippen LogP) is 2.23. The lowest BCUT2D eigenvalue weighted by Crippen LogP contribution is -2.61. The van der Waals surface area contributed by atoms with Crippen LogP contribution in [0.25, 0.3) is 0 Å². The Kier molecular flexibility index (Phi) is 3.50. The van der Waals surface area contributed by atoms with Crippen molar-refractivity contribution in [3.63, 3.8) is 0 Å². The molecule has 4 nitrogen and oxygen atoms in total. The van der Waals surface area contributed by atoms with Crippen LogP contribution in [0, 0.1) is 0 Å². The van der Waals surface area contributed by atoms with Gasteiger partial charge in [-0.1, -0.05) is 23.2 Å². The predicted molar refractivity (Wildman–Crippen MR) is 71.0 cm³/mol. The molecule has 2 unspecified atom stereocenters. The normalized spacial score (nSPS) is 24.1. The molecule has 1 heterocycles. The number of benzene rings is 1. The maximum absolute atomic E-state index is 12.1. The molecule has 0 spiro atoms. The van der Waals surface area contributed by atoms with Crippen LogP contribution in [-0.4, -0.2) is 23.9 Å². The van der Waals surface area contributed by atoms with Gasteiger partial charge in [0.25, 0.3) is 0 Å². The average Bonchev–Trinajstić information content (AvgIpc) is 2.29. The molecule has 1 fully saturated rings. The number of nitrogens with one attached hydrogen (secondary N) is 1. The standard InChI is InChI=1S/C12H12Cl2N2O2/c1-6-12(18)16(7(2)11(17)15-6)10-4-3-8(13)5-9(10)14/h3-7H,1-2H3,(H,15,17). The van der Waals surface area contributed by atoms with Crippen molar-refractivity contribution in [3.05, 3.63) is 28.2 Å². The van der Waals surface area contributed by atoms with Gasteiger partial charge < -0.3 is 5.32 Å². The lowest BCUT2D eigenvalue weighted by Gasteiger charge is -2.36. The number of hydrogen-bond acceptors (Lipinski definition) is 2. The fourth-order valence-electron chi connectivity index (χ4n) is 1.92. The molecule has 2 atom stereocenters. The smallest absolute Gasteiger partial charge is 0.250 e. The van der Waals surface area contributed by atoms with Crippen molar-refractivity contribution in [1.82, 2.24) is 5.32 Å². The summed E-state index contributed by atoms with van der Waals surface area (Å²) in [5.41, 5.74) is 0.500. The van der Waals surface area contributed by atoms with Crippen LogP contribution in [0.5, 0.6) is 0 Å². The fraction of sp³-hybridized carbons (Fsp3) is 0.333. The van der Waals surface area contributed by atoms with Crippen molar-refractivity contribution < 1.29 is 9.59 Å². The number of rotatable bonds is 1. The molecule has 0 aliphatic carbocycles. The lowest BCUT2D eigenvalue weighted by atomic mass is 10.1. The minimum Gasteiger partial charge on any atom is -0.343 e. The van der Waals surface area contributed by atoms with Crippen LogP contribution in [0.15, 0.2) is 18.2 Å². The zero-order valence-electron chi connectivity index (χ0n) is 9.91. The van der Waals surface area contributed by atoms with Crippen LogP contribution in [0.4, 0.5) is 5.69 Å². The zero-order chi connectivity index (χ0) is 13.4. The second-order valence-electron chi connectivity index (χ2n) is 4.21. The number of nitrogens with zero attached hydrogens (tertiary/aromatic N) is 1. The first-order valence-electron chi connectivity index (χ1n) is 5.50. The van der Waals surface area contributed by atoms with E-state index in [-0.39, 0.29) is 11.8 Å². The van der Waals surface area contributed by atoms with Crippen LogP contribution in [0.1, 0.15) is 13.8 Å². The Labute approximate surface area is 115 Å². The maximum atomic E-state index is 12.1. The zero-order valence-corrected chi connectivity index (χ0v) is 11.4. The van der Waals surface area contributed by atoms with E-state index in [0.29, 0.717) is 15.7 Å². The topological polar surface area (TPSA) is 49.4 Å². The monoisotopic (exact) mass is 286 g/mol. The number of hydrogen-bond donors (Lipinski definition) is 1. The number of halogens is 2. The van der Waals surface area contributed by atoms with Gasteiger partial charge in [-0.25, -0.2) is 0 Å². The van der Waals surface area contributed by atoms with E-state index in [1.807, 2.05) is 0 Å². The summed E-state index contributed by atoms with van der Waals surface area (Å²) in [6.45, 7) is 3.30. The van der Waals surface area contributed by atoms with Gasteiger partial charge in [0.15, 0.2) is 0 Å². The molecular formula is C12H12Cl2N2O2. The fourth-order valence-corrected chi connectivity index (χ4v) is 2.42. The molecule has 6 heteroatoms. The van der Waals surface area contributed by atoms with Crippen molar-refractivity contribution in [1.29, 1.82) is 0 Å². The molecule has 0 radical (unpaired) electrons. The van der Waals surface area contributed by atoms with E-state index in [4.69, 9.17) is 23.2 Å². The van der Waals surface area contributed by atoms with E-state index >= 15 is 0 Å². The van der Waals surface area contributed by atoms with Crippen LogP contribution >= 0.6 is 23.2 Å². The van der Waals surface area contributed by atoms with Gasteiger partial charge in [0.05, 0.1) is 10.7 Å². The number of carbonyl (C=O) groups is 2. The first-order chi connectivity index (χ1) is 8.41. The van der Waals surface area contributed by atoms with Gasteiger partial charge in [-0.2, -0.15) is 0 Å². The minimum atomic E-state index is -0.590. The molecule has 1 aliphatic rings. The van der Waals surface area contributed by atoms with E-state index < -0.39 is 12.1 Å². The van der Waals surface area contributed by atoms with Gasteiger partial charge >= 0.3 is 0 Å². The second kappa shape index (κ2) is 4.78. The molecular weight excluding hydrogens is 275 g/mol. The molecule has 1 aromatic carbocycles. The van der Waals surface area contributed by atoms with Gasteiger partial charge in [0, 0.05) is 5.02 Å². The highest BCUT2D eigenvalue weighted by atomic mass is 35.5. The molecule has 1 aliphatic heterocycles. The third kappa shape index (κ3) is 2.18. The molecule has 0 bridgehead atoms. The Morgan fingerprint density at radius 3 is 2.50 bits per heavy atom. The summed E-state index contributed by atoms with van der Waals surface area (Å²) in [7, 11) is 0. The summed E-state index contributed by atoms with van der Waals surface area (Å²) in [4.78, 5) is 25.3. The van der Waals surface area contributed by atoms with E-state index in [9.17, 15) is 9.59 Å². The summed E-state index contributed by atoms with van der Waals surface area (Å²) in [5, 5.41) is 3.45. The molecule has 1 aromatic rings. The van der Waals surface area contributed by atoms with E-state index in [1.54, 1.807) is 32.0 Å². The van der Waals surface area contributed by atoms with Crippen molar-refractivity contribution in [2.24, 2.45) is 0 Å². The Hall–Kier alpha value is -1.26. The summed E-state index contributed by atoms with van der Waals surface area (Å²) < 4.78 is 0. The van der Waals surface area contributed by atoms with E-state index in [2.05, 4.69) is 5.32 Å². The van der Waals surface area contributed by atoms with Crippen LogP contribution < -0.4 is 10.2 Å². The number of anilines is 1. The number of carbonyl (C=O) groups excluding carboxylic acids is 2. The van der Waals surface area contributed by atoms with E-state index in [1.165, 1.54) is 4.90 Å². The highest BCUT2D eigenvalue weighted by Gasteiger charge is 2.37. The quantitative estimate of drug-likeness (QED) is 0.861. The Morgan fingerprint density at radius 2 is 1.89 bits per heavy atom. The third-order valence-electron chi connectivity index (χ3n) is 2.90. The molecule has 18 heavy (non-hydrogen) atoms. The van der Waals surface area contributed by atoms with Crippen LogP contribution in [0.2, 0.25) is 10.0 Å². The molecule has 96 valence electrons. The van der Waals surface area contributed by atoms with Gasteiger partial charge in [-0.05, 0) is 32.0 Å². The average molecular weight is 287 g/mol. The largest absolute Gasteiger partial charge is 0.343 e. The molecule has 1 saturated heterocycles.